The van der Waals surface area contributed by atoms with Crippen molar-refractivity contribution in [3.05, 3.63) is 30.1 Å². The molecule has 1 N–H and O–H groups in total. The summed E-state index contributed by atoms with van der Waals surface area (Å²) in [5.41, 5.74) is 0. The van der Waals surface area contributed by atoms with Crippen molar-refractivity contribution in [1.29, 1.82) is 0 Å². The first-order chi connectivity index (χ1) is 11.0. The number of hydrogen-bond donors (Lipinski definition) is 1. The predicted molar refractivity (Wildman–Crippen MR) is 85.0 cm³/mol. The Kier molecular flexibility index (Phi) is 6.76. The molecule has 1 aromatic rings. The molecule has 0 aliphatic carbocycles. The van der Waals surface area contributed by atoms with Gasteiger partial charge in [-0.3, -0.25) is 0 Å². The lowest BCUT2D eigenvalue weighted by atomic mass is 10.0. The van der Waals surface area contributed by atoms with Gasteiger partial charge in [-0.2, -0.15) is 17.4 Å². The molecular formula is C15H23FN2O4S. The highest BCUT2D eigenvalue weighted by Gasteiger charge is 2.28. The minimum atomic E-state index is -3.55. The Balaban J connectivity index is 1.78. The first-order valence-corrected chi connectivity index (χ1v) is 9.08. The largest absolute Gasteiger partial charge is 0.489 e. The molecule has 8 heteroatoms. The molecule has 0 saturated carbocycles. The van der Waals surface area contributed by atoms with Gasteiger partial charge in [0.2, 0.25) is 0 Å². The molecule has 2 rings (SSSR count). The summed E-state index contributed by atoms with van der Waals surface area (Å²) in [7, 11) is -1.93. The molecule has 0 aromatic heterocycles. The molecule has 1 saturated heterocycles. The molecule has 0 spiro atoms. The lowest BCUT2D eigenvalue weighted by Crippen LogP contribution is -2.47. The summed E-state index contributed by atoms with van der Waals surface area (Å²) in [5.74, 6) is -0.126. The van der Waals surface area contributed by atoms with Crippen LogP contribution in [-0.4, -0.2) is 52.7 Å². The van der Waals surface area contributed by atoms with Crippen LogP contribution >= 0.6 is 0 Å². The molecule has 1 aromatic carbocycles. The van der Waals surface area contributed by atoms with E-state index in [0.717, 1.165) is 12.8 Å². The van der Waals surface area contributed by atoms with E-state index < -0.39 is 16.0 Å². The number of halogens is 1. The molecule has 23 heavy (non-hydrogen) atoms. The first-order valence-electron chi connectivity index (χ1n) is 7.64. The minimum Gasteiger partial charge on any atom is -0.489 e. The third-order valence-corrected chi connectivity index (χ3v) is 5.29. The molecule has 130 valence electrons. The molecule has 0 radical (unpaired) electrons. The van der Waals surface area contributed by atoms with Gasteiger partial charge in [0.05, 0.1) is 6.61 Å². The van der Waals surface area contributed by atoms with E-state index in [4.69, 9.17) is 9.47 Å². The molecular weight excluding hydrogens is 323 g/mol. The van der Waals surface area contributed by atoms with Crippen molar-refractivity contribution in [3.8, 4) is 5.75 Å². The molecule has 0 unspecified atom stereocenters. The van der Waals surface area contributed by atoms with Gasteiger partial charge in [0.15, 0.2) is 11.6 Å². The van der Waals surface area contributed by atoms with E-state index in [0.29, 0.717) is 19.7 Å². The highest BCUT2D eigenvalue weighted by atomic mass is 32.2. The van der Waals surface area contributed by atoms with Crippen molar-refractivity contribution in [1.82, 2.24) is 9.03 Å². The second-order valence-corrected chi connectivity index (χ2v) is 7.26. The summed E-state index contributed by atoms with van der Waals surface area (Å²) in [6, 6.07) is 6.02. The van der Waals surface area contributed by atoms with Gasteiger partial charge in [0, 0.05) is 26.7 Å². The van der Waals surface area contributed by atoms with Gasteiger partial charge in [-0.05, 0) is 30.9 Å². The van der Waals surface area contributed by atoms with Crippen LogP contribution in [-0.2, 0) is 14.9 Å². The second-order valence-electron chi connectivity index (χ2n) is 5.50. The number of piperidine rings is 1. The molecule has 1 aliphatic heterocycles. The van der Waals surface area contributed by atoms with Crippen LogP contribution in [0.4, 0.5) is 4.39 Å². The normalized spacial score (nSPS) is 19.7. The zero-order valence-electron chi connectivity index (χ0n) is 13.2. The fourth-order valence-electron chi connectivity index (χ4n) is 2.60. The van der Waals surface area contributed by atoms with Crippen LogP contribution in [0.2, 0.25) is 0 Å². The molecule has 1 heterocycles. The van der Waals surface area contributed by atoms with E-state index in [2.05, 4.69) is 4.72 Å². The van der Waals surface area contributed by atoms with E-state index in [1.54, 1.807) is 19.2 Å². The van der Waals surface area contributed by atoms with Crippen molar-refractivity contribution < 1.29 is 22.3 Å². The highest BCUT2D eigenvalue weighted by Crippen LogP contribution is 2.19. The van der Waals surface area contributed by atoms with Crippen molar-refractivity contribution in [2.75, 3.05) is 40.0 Å². The van der Waals surface area contributed by atoms with Crippen molar-refractivity contribution in [3.63, 3.8) is 0 Å². The number of nitrogens with zero attached hydrogens (tertiary/aromatic N) is 1. The van der Waals surface area contributed by atoms with E-state index in [9.17, 15) is 12.8 Å². The fraction of sp³-hybridized carbons (Fsp3) is 0.600. The Hall–Kier alpha value is -1.22. The van der Waals surface area contributed by atoms with Gasteiger partial charge >= 0.3 is 0 Å². The van der Waals surface area contributed by atoms with Gasteiger partial charge in [-0.25, -0.2) is 4.39 Å². The number of hydrogen-bond acceptors (Lipinski definition) is 4. The van der Waals surface area contributed by atoms with Crippen molar-refractivity contribution in [2.45, 2.75) is 12.8 Å². The maximum atomic E-state index is 13.4. The summed E-state index contributed by atoms with van der Waals surface area (Å²) >= 11 is 0. The summed E-state index contributed by atoms with van der Waals surface area (Å²) in [6.07, 6.45) is 1.79. The van der Waals surface area contributed by atoms with Crippen LogP contribution in [0.5, 0.6) is 5.75 Å². The third-order valence-electron chi connectivity index (χ3n) is 3.70. The number of methoxy groups -OCH3 is 1. The van der Waals surface area contributed by atoms with Crippen LogP contribution in [0, 0.1) is 11.7 Å². The molecule has 1 atom stereocenters. The summed E-state index contributed by atoms with van der Waals surface area (Å²) in [6.45, 7) is 1.67. The maximum Gasteiger partial charge on any atom is 0.279 e. The predicted octanol–water partition coefficient (Wildman–Crippen LogP) is 1.40. The topological polar surface area (TPSA) is 67.9 Å². The van der Waals surface area contributed by atoms with Crippen LogP contribution in [0.25, 0.3) is 0 Å². The fourth-order valence-corrected chi connectivity index (χ4v) is 3.90. The van der Waals surface area contributed by atoms with Gasteiger partial charge in [-0.1, -0.05) is 12.1 Å². The standard InChI is InChI=1S/C15H23FN2O4S/c1-21-12-13-5-4-9-18(11-13)23(19,20)17-8-10-22-15-7-3-2-6-14(15)16/h2-3,6-7,13,17H,4-5,8-12H2,1H3/t13-/m1/s1. The number of nitrogens with one attached hydrogen (secondary N) is 1. The third kappa shape index (κ3) is 5.42. The number of para-hydroxylation sites is 1. The van der Waals surface area contributed by atoms with Gasteiger partial charge in [-0.15, -0.1) is 0 Å². The second kappa shape index (κ2) is 8.58. The summed E-state index contributed by atoms with van der Waals surface area (Å²) < 4.78 is 52.2. The van der Waals surface area contributed by atoms with E-state index in [1.165, 1.54) is 16.4 Å². The average molecular weight is 346 g/mol. The SMILES string of the molecule is COC[C@@H]1CCCN(S(=O)(=O)NCCOc2ccccc2F)C1. The van der Waals surface area contributed by atoms with Gasteiger partial charge < -0.3 is 9.47 Å². The Morgan fingerprint density at radius 3 is 2.91 bits per heavy atom. The zero-order valence-corrected chi connectivity index (χ0v) is 14.0. The molecule has 0 amide bonds. The van der Waals surface area contributed by atoms with Crippen LogP contribution in [0.15, 0.2) is 24.3 Å². The smallest absolute Gasteiger partial charge is 0.279 e. The average Bonchev–Trinajstić information content (AvgIpc) is 2.54. The number of ether oxygens (including phenoxy) is 2. The van der Waals surface area contributed by atoms with Gasteiger partial charge in [0.1, 0.15) is 6.61 Å². The lowest BCUT2D eigenvalue weighted by Gasteiger charge is -2.31. The Morgan fingerprint density at radius 1 is 1.39 bits per heavy atom. The van der Waals surface area contributed by atoms with E-state index in [-0.39, 0.29) is 24.8 Å². The van der Waals surface area contributed by atoms with Gasteiger partial charge in [0.25, 0.3) is 10.2 Å². The summed E-state index contributed by atoms with van der Waals surface area (Å²) in [4.78, 5) is 0. The molecule has 1 aliphatic rings. The zero-order chi connectivity index (χ0) is 16.7. The van der Waals surface area contributed by atoms with Crippen LogP contribution in [0.1, 0.15) is 12.8 Å². The summed E-state index contributed by atoms with van der Waals surface area (Å²) in [5, 5.41) is 0. The number of rotatable bonds is 8. The Bertz CT molecular complexity index is 595. The number of benzene rings is 1. The Morgan fingerprint density at radius 2 is 2.17 bits per heavy atom. The van der Waals surface area contributed by atoms with Crippen molar-refractivity contribution >= 4 is 10.2 Å². The first kappa shape index (κ1) is 18.1. The monoisotopic (exact) mass is 346 g/mol. The minimum absolute atomic E-state index is 0.0650. The highest BCUT2D eigenvalue weighted by molar-refractivity contribution is 7.87. The van der Waals surface area contributed by atoms with Crippen molar-refractivity contribution in [2.24, 2.45) is 5.92 Å². The van der Waals surface area contributed by atoms with Crippen LogP contribution in [0.3, 0.4) is 0 Å². The molecule has 0 bridgehead atoms. The Labute approximate surface area is 136 Å². The van der Waals surface area contributed by atoms with Crippen LogP contribution < -0.4 is 9.46 Å². The molecule has 1 fully saturated rings. The lowest BCUT2D eigenvalue weighted by molar-refractivity contribution is 0.118. The quantitative estimate of drug-likeness (QED) is 0.723. The van der Waals surface area contributed by atoms with E-state index >= 15 is 0 Å². The molecule has 6 nitrogen and oxygen atoms in total. The van der Waals surface area contributed by atoms with E-state index in [1.807, 2.05) is 0 Å². The maximum absolute atomic E-state index is 13.4.